The van der Waals surface area contributed by atoms with E-state index in [1.165, 1.54) is 30.5 Å². The van der Waals surface area contributed by atoms with Crippen molar-refractivity contribution in [3.05, 3.63) is 59.4 Å². The summed E-state index contributed by atoms with van der Waals surface area (Å²) in [6, 6.07) is 8.47. The smallest absolute Gasteiger partial charge is 0.213 e. The predicted octanol–water partition coefficient (Wildman–Crippen LogP) is 2.81. The van der Waals surface area contributed by atoms with Crippen molar-refractivity contribution in [1.29, 1.82) is 5.26 Å². The van der Waals surface area contributed by atoms with Gasteiger partial charge in [0, 0.05) is 5.56 Å². The molecule has 1 aromatic heterocycles. The second-order valence-electron chi connectivity index (χ2n) is 3.52. The van der Waals surface area contributed by atoms with Crippen molar-refractivity contribution < 1.29 is 13.5 Å². The van der Waals surface area contributed by atoms with Gasteiger partial charge in [-0.2, -0.15) is 9.65 Å². The Labute approximate surface area is 102 Å². The zero-order valence-electron chi connectivity index (χ0n) is 9.23. The van der Waals surface area contributed by atoms with Crippen molar-refractivity contribution in [1.82, 2.24) is 4.98 Å². The van der Waals surface area contributed by atoms with Crippen LogP contribution in [0.25, 0.3) is 0 Å². The van der Waals surface area contributed by atoms with Gasteiger partial charge in [0.1, 0.15) is 18.2 Å². The van der Waals surface area contributed by atoms with Gasteiger partial charge >= 0.3 is 0 Å². The third-order valence-corrected chi connectivity index (χ3v) is 2.27. The first kappa shape index (κ1) is 12.0. The maximum Gasteiger partial charge on any atom is 0.213 e. The van der Waals surface area contributed by atoms with Crippen LogP contribution in [-0.4, -0.2) is 4.98 Å². The van der Waals surface area contributed by atoms with Crippen LogP contribution in [-0.2, 0) is 6.61 Å². The van der Waals surface area contributed by atoms with Gasteiger partial charge in [-0.05, 0) is 30.3 Å². The normalized spacial score (nSPS) is 9.83. The van der Waals surface area contributed by atoms with Crippen LogP contribution in [0.2, 0.25) is 0 Å². The molecule has 1 heterocycles. The van der Waals surface area contributed by atoms with Crippen molar-refractivity contribution >= 4 is 0 Å². The molecule has 0 unspecified atom stereocenters. The first-order chi connectivity index (χ1) is 8.69. The van der Waals surface area contributed by atoms with Gasteiger partial charge in [0.15, 0.2) is 0 Å². The average molecular weight is 246 g/mol. The van der Waals surface area contributed by atoms with Gasteiger partial charge in [-0.3, -0.25) is 0 Å². The Morgan fingerprint density at radius 2 is 2.06 bits per heavy atom. The fourth-order valence-electron chi connectivity index (χ4n) is 1.36. The van der Waals surface area contributed by atoms with Crippen molar-refractivity contribution in [2.75, 3.05) is 0 Å². The summed E-state index contributed by atoms with van der Waals surface area (Å²) in [5, 5.41) is 8.70. The van der Waals surface area contributed by atoms with Crippen LogP contribution in [0, 0.1) is 23.1 Å². The van der Waals surface area contributed by atoms with Crippen LogP contribution in [0.15, 0.2) is 36.5 Å². The standard InChI is InChI=1S/C13H8F2N2O/c14-12-3-1-9(6-16)5-10(12)8-18-11-2-4-13(15)17-7-11/h1-5,7H,8H2. The predicted molar refractivity (Wildman–Crippen MR) is 59.6 cm³/mol. The van der Waals surface area contributed by atoms with Crippen LogP contribution in [0.4, 0.5) is 8.78 Å². The highest BCUT2D eigenvalue weighted by Gasteiger charge is 2.05. The molecule has 2 rings (SSSR count). The second kappa shape index (κ2) is 5.23. The lowest BCUT2D eigenvalue weighted by Crippen LogP contribution is -1.99. The third kappa shape index (κ3) is 2.80. The van der Waals surface area contributed by atoms with E-state index in [0.29, 0.717) is 11.3 Å². The minimum Gasteiger partial charge on any atom is -0.487 e. The van der Waals surface area contributed by atoms with E-state index in [1.54, 1.807) is 0 Å². The van der Waals surface area contributed by atoms with Gasteiger partial charge in [0.25, 0.3) is 0 Å². The van der Waals surface area contributed by atoms with Crippen molar-refractivity contribution in [3.8, 4) is 11.8 Å². The lowest BCUT2D eigenvalue weighted by atomic mass is 10.1. The number of nitrogens with zero attached hydrogens (tertiary/aromatic N) is 2. The minimum atomic E-state index is -0.611. The number of pyridine rings is 1. The zero-order chi connectivity index (χ0) is 13.0. The molecule has 0 aliphatic carbocycles. The molecule has 0 aliphatic rings. The monoisotopic (exact) mass is 246 g/mol. The Hall–Kier alpha value is -2.48. The van der Waals surface area contributed by atoms with E-state index in [4.69, 9.17) is 10.00 Å². The molecular weight excluding hydrogens is 238 g/mol. The van der Waals surface area contributed by atoms with Gasteiger partial charge in [-0.25, -0.2) is 9.37 Å². The van der Waals surface area contributed by atoms with Crippen molar-refractivity contribution in [2.24, 2.45) is 0 Å². The number of aromatic nitrogens is 1. The van der Waals surface area contributed by atoms with Gasteiger partial charge < -0.3 is 4.74 Å². The lowest BCUT2D eigenvalue weighted by molar-refractivity contribution is 0.297. The van der Waals surface area contributed by atoms with Gasteiger partial charge in [0.05, 0.1) is 17.8 Å². The molecule has 5 heteroatoms. The highest BCUT2D eigenvalue weighted by molar-refractivity contribution is 5.33. The lowest BCUT2D eigenvalue weighted by Gasteiger charge is -2.06. The molecule has 18 heavy (non-hydrogen) atoms. The Bertz CT molecular complexity index is 591. The fraction of sp³-hybridized carbons (Fsp3) is 0.0769. The Morgan fingerprint density at radius 1 is 1.22 bits per heavy atom. The molecule has 3 nitrogen and oxygen atoms in total. The molecule has 0 spiro atoms. The van der Waals surface area contributed by atoms with E-state index in [-0.39, 0.29) is 12.2 Å². The van der Waals surface area contributed by atoms with Crippen LogP contribution in [0.3, 0.4) is 0 Å². The number of halogens is 2. The summed E-state index contributed by atoms with van der Waals surface area (Å²) in [6.45, 7) is -0.0470. The van der Waals surface area contributed by atoms with Crippen LogP contribution >= 0.6 is 0 Å². The molecule has 0 radical (unpaired) electrons. The molecule has 1 aromatic carbocycles. The van der Waals surface area contributed by atoms with Crippen LogP contribution in [0.5, 0.6) is 5.75 Å². The van der Waals surface area contributed by atoms with Crippen LogP contribution < -0.4 is 4.74 Å². The summed E-state index contributed by atoms with van der Waals surface area (Å²) in [5.41, 5.74) is 0.616. The highest BCUT2D eigenvalue weighted by Crippen LogP contribution is 2.15. The molecule has 0 bridgehead atoms. The van der Waals surface area contributed by atoms with Crippen molar-refractivity contribution in [3.63, 3.8) is 0 Å². The maximum absolute atomic E-state index is 13.4. The Balaban J connectivity index is 2.10. The summed E-state index contributed by atoms with van der Waals surface area (Å²) >= 11 is 0. The number of hydrogen-bond donors (Lipinski definition) is 0. The Kier molecular flexibility index (Phi) is 3.49. The van der Waals surface area contributed by atoms with E-state index < -0.39 is 11.8 Å². The topological polar surface area (TPSA) is 45.9 Å². The number of nitriles is 1. The number of rotatable bonds is 3. The van der Waals surface area contributed by atoms with Gasteiger partial charge in [0.2, 0.25) is 5.95 Å². The molecule has 0 saturated carbocycles. The fourth-order valence-corrected chi connectivity index (χ4v) is 1.36. The van der Waals surface area contributed by atoms with Crippen LogP contribution in [0.1, 0.15) is 11.1 Å². The first-order valence-corrected chi connectivity index (χ1v) is 5.12. The molecule has 90 valence electrons. The molecule has 0 atom stereocenters. The quantitative estimate of drug-likeness (QED) is 0.782. The molecular formula is C13H8F2N2O. The Morgan fingerprint density at radius 3 is 2.72 bits per heavy atom. The summed E-state index contributed by atoms with van der Waals surface area (Å²) in [5.74, 6) is -0.734. The molecule has 0 saturated heterocycles. The number of hydrogen-bond acceptors (Lipinski definition) is 3. The number of benzene rings is 1. The molecule has 0 aliphatic heterocycles. The molecule has 0 N–H and O–H groups in total. The summed E-state index contributed by atoms with van der Waals surface area (Å²) in [4.78, 5) is 3.41. The summed E-state index contributed by atoms with van der Waals surface area (Å²) in [6.07, 6.45) is 1.21. The largest absolute Gasteiger partial charge is 0.487 e. The highest BCUT2D eigenvalue weighted by atomic mass is 19.1. The first-order valence-electron chi connectivity index (χ1n) is 5.12. The summed E-state index contributed by atoms with van der Waals surface area (Å²) in [7, 11) is 0. The molecule has 0 fully saturated rings. The third-order valence-electron chi connectivity index (χ3n) is 2.27. The summed E-state index contributed by atoms with van der Waals surface area (Å²) < 4.78 is 31.2. The van der Waals surface area contributed by atoms with E-state index in [2.05, 4.69) is 4.98 Å². The average Bonchev–Trinajstić information content (AvgIpc) is 2.40. The van der Waals surface area contributed by atoms with E-state index in [9.17, 15) is 8.78 Å². The van der Waals surface area contributed by atoms with E-state index >= 15 is 0 Å². The van der Waals surface area contributed by atoms with E-state index in [0.717, 1.165) is 6.07 Å². The molecule has 0 amide bonds. The SMILES string of the molecule is N#Cc1ccc(F)c(COc2ccc(F)nc2)c1. The van der Waals surface area contributed by atoms with Gasteiger partial charge in [-0.15, -0.1) is 0 Å². The van der Waals surface area contributed by atoms with E-state index in [1.807, 2.05) is 6.07 Å². The second-order valence-corrected chi connectivity index (χ2v) is 3.52. The van der Waals surface area contributed by atoms with Crippen molar-refractivity contribution in [2.45, 2.75) is 6.61 Å². The maximum atomic E-state index is 13.4. The number of ether oxygens (including phenoxy) is 1. The van der Waals surface area contributed by atoms with Gasteiger partial charge in [-0.1, -0.05) is 0 Å². The zero-order valence-corrected chi connectivity index (χ0v) is 9.23. The minimum absolute atomic E-state index is 0.0470. The molecule has 2 aromatic rings.